The Balaban J connectivity index is 1.82. The van der Waals surface area contributed by atoms with Crippen molar-refractivity contribution in [3.8, 4) is 5.75 Å². The molecule has 0 bridgehead atoms. The van der Waals surface area contributed by atoms with Crippen molar-refractivity contribution < 1.29 is 9.53 Å². The number of amides is 1. The van der Waals surface area contributed by atoms with Gasteiger partial charge in [-0.25, -0.2) is 5.43 Å². The van der Waals surface area contributed by atoms with E-state index < -0.39 is 0 Å². The summed E-state index contributed by atoms with van der Waals surface area (Å²) in [6.07, 6.45) is 2.70. The molecule has 0 saturated heterocycles. The van der Waals surface area contributed by atoms with E-state index in [0.717, 1.165) is 16.9 Å². The van der Waals surface area contributed by atoms with Crippen molar-refractivity contribution in [2.45, 2.75) is 12.8 Å². The number of benzene rings is 2. The summed E-state index contributed by atoms with van der Waals surface area (Å²) in [7, 11) is 1.60. The van der Waals surface area contributed by atoms with E-state index in [0.29, 0.717) is 12.8 Å². The fraction of sp³-hybridized carbons (Fsp3) is 0.176. The van der Waals surface area contributed by atoms with Crippen LogP contribution in [-0.4, -0.2) is 19.2 Å². The van der Waals surface area contributed by atoms with Crippen LogP contribution in [0.4, 0.5) is 0 Å². The lowest BCUT2D eigenvalue weighted by Crippen LogP contribution is -2.17. The van der Waals surface area contributed by atoms with Gasteiger partial charge in [0.2, 0.25) is 5.91 Å². The molecule has 0 fully saturated rings. The lowest BCUT2D eigenvalue weighted by molar-refractivity contribution is -0.121. The first-order chi connectivity index (χ1) is 10.3. The molecule has 0 unspecified atom stereocenters. The predicted octanol–water partition coefficient (Wildman–Crippen LogP) is 2.78. The number of hydrogen-bond acceptors (Lipinski definition) is 3. The Kier molecular flexibility index (Phi) is 5.52. The summed E-state index contributed by atoms with van der Waals surface area (Å²) in [5.74, 6) is 0.616. The molecule has 0 aromatic heterocycles. The molecule has 108 valence electrons. The zero-order valence-corrected chi connectivity index (χ0v) is 12.0. The maximum atomic E-state index is 11.7. The quantitative estimate of drug-likeness (QED) is 0.654. The average Bonchev–Trinajstić information content (AvgIpc) is 2.54. The van der Waals surface area contributed by atoms with Crippen molar-refractivity contribution in [1.82, 2.24) is 5.43 Å². The highest BCUT2D eigenvalue weighted by Crippen LogP contribution is 2.14. The average molecular weight is 282 g/mol. The molecule has 2 aromatic rings. The van der Waals surface area contributed by atoms with E-state index >= 15 is 0 Å². The Bertz CT molecular complexity index is 609. The Hall–Kier alpha value is -2.62. The number of para-hydroxylation sites is 1. The first kappa shape index (κ1) is 14.8. The Labute approximate surface area is 124 Å². The van der Waals surface area contributed by atoms with Crippen LogP contribution in [0.5, 0.6) is 5.75 Å². The molecule has 0 aliphatic rings. The van der Waals surface area contributed by atoms with Crippen LogP contribution in [0.2, 0.25) is 0 Å². The van der Waals surface area contributed by atoms with Gasteiger partial charge >= 0.3 is 0 Å². The number of ether oxygens (including phenoxy) is 1. The number of nitrogens with one attached hydrogen (secondary N) is 1. The summed E-state index contributed by atoms with van der Waals surface area (Å²) in [5, 5.41) is 3.96. The fourth-order valence-electron chi connectivity index (χ4n) is 1.91. The minimum absolute atomic E-state index is 0.106. The lowest BCUT2D eigenvalue weighted by atomic mass is 10.1. The summed E-state index contributed by atoms with van der Waals surface area (Å²) < 4.78 is 5.20. The number of rotatable bonds is 6. The van der Waals surface area contributed by atoms with E-state index in [2.05, 4.69) is 10.5 Å². The van der Waals surface area contributed by atoms with Crippen LogP contribution in [0.3, 0.4) is 0 Å². The topological polar surface area (TPSA) is 50.7 Å². The van der Waals surface area contributed by atoms with Gasteiger partial charge in [0.15, 0.2) is 0 Å². The van der Waals surface area contributed by atoms with Gasteiger partial charge in [-0.15, -0.1) is 0 Å². The highest BCUT2D eigenvalue weighted by molar-refractivity contribution is 5.85. The largest absolute Gasteiger partial charge is 0.496 e. The van der Waals surface area contributed by atoms with Gasteiger partial charge in [-0.1, -0.05) is 42.5 Å². The third kappa shape index (κ3) is 4.76. The van der Waals surface area contributed by atoms with Crippen LogP contribution < -0.4 is 10.2 Å². The molecule has 0 spiro atoms. The fourth-order valence-corrected chi connectivity index (χ4v) is 1.91. The molecule has 0 atom stereocenters. The van der Waals surface area contributed by atoms with Crippen molar-refractivity contribution in [3.63, 3.8) is 0 Å². The maximum Gasteiger partial charge on any atom is 0.240 e. The molecule has 1 N–H and O–H groups in total. The Morgan fingerprint density at radius 3 is 2.62 bits per heavy atom. The molecule has 1 amide bonds. The molecule has 0 aliphatic heterocycles. The van der Waals surface area contributed by atoms with Gasteiger partial charge in [0.05, 0.1) is 13.3 Å². The van der Waals surface area contributed by atoms with E-state index in [1.807, 2.05) is 54.6 Å². The van der Waals surface area contributed by atoms with Crippen molar-refractivity contribution in [3.05, 3.63) is 65.7 Å². The lowest BCUT2D eigenvalue weighted by Gasteiger charge is -2.03. The van der Waals surface area contributed by atoms with Gasteiger partial charge in [-0.05, 0) is 24.1 Å². The smallest absolute Gasteiger partial charge is 0.240 e. The van der Waals surface area contributed by atoms with Crippen LogP contribution in [0.15, 0.2) is 59.7 Å². The predicted molar refractivity (Wildman–Crippen MR) is 83.5 cm³/mol. The summed E-state index contributed by atoms with van der Waals surface area (Å²) in [4.78, 5) is 11.7. The molecule has 0 heterocycles. The Morgan fingerprint density at radius 1 is 1.14 bits per heavy atom. The zero-order valence-electron chi connectivity index (χ0n) is 12.0. The molecule has 2 rings (SSSR count). The summed E-state index contributed by atoms with van der Waals surface area (Å²) in [5.41, 5.74) is 4.49. The molecular weight excluding hydrogens is 264 g/mol. The molecule has 0 radical (unpaired) electrons. The first-order valence-corrected chi connectivity index (χ1v) is 6.78. The summed E-state index contributed by atoms with van der Waals surface area (Å²) >= 11 is 0. The third-order valence-corrected chi connectivity index (χ3v) is 3.02. The number of carbonyl (C=O) groups is 1. The normalized spacial score (nSPS) is 10.5. The van der Waals surface area contributed by atoms with Crippen LogP contribution in [0.25, 0.3) is 0 Å². The number of aryl methyl sites for hydroxylation is 1. The summed E-state index contributed by atoms with van der Waals surface area (Å²) in [6.45, 7) is 0. The molecule has 0 saturated carbocycles. The number of methoxy groups -OCH3 is 1. The standard InChI is InChI=1S/C17H18N2O2/c1-21-16-10-6-5-9-15(16)13-18-19-17(20)12-11-14-7-3-2-4-8-14/h2-10,13H,11-12H2,1H3,(H,19,20). The van der Waals surface area contributed by atoms with Crippen molar-refractivity contribution in [2.24, 2.45) is 5.10 Å². The van der Waals surface area contributed by atoms with Gasteiger partial charge in [0.1, 0.15) is 5.75 Å². The Morgan fingerprint density at radius 2 is 1.86 bits per heavy atom. The minimum Gasteiger partial charge on any atom is -0.496 e. The van der Waals surface area contributed by atoms with E-state index in [9.17, 15) is 4.79 Å². The SMILES string of the molecule is COc1ccccc1C=NNC(=O)CCc1ccccc1. The number of nitrogens with zero attached hydrogens (tertiary/aromatic N) is 1. The molecule has 0 aliphatic carbocycles. The van der Waals surface area contributed by atoms with Gasteiger partial charge in [0, 0.05) is 12.0 Å². The van der Waals surface area contributed by atoms with Gasteiger partial charge in [-0.3, -0.25) is 4.79 Å². The van der Waals surface area contributed by atoms with E-state index in [-0.39, 0.29) is 5.91 Å². The molecule has 21 heavy (non-hydrogen) atoms. The van der Waals surface area contributed by atoms with Crippen LogP contribution in [0.1, 0.15) is 17.5 Å². The van der Waals surface area contributed by atoms with E-state index in [1.165, 1.54) is 0 Å². The molecular formula is C17H18N2O2. The van der Waals surface area contributed by atoms with Crippen molar-refractivity contribution in [2.75, 3.05) is 7.11 Å². The van der Waals surface area contributed by atoms with Crippen molar-refractivity contribution >= 4 is 12.1 Å². The maximum absolute atomic E-state index is 11.7. The van der Waals surface area contributed by atoms with Crippen molar-refractivity contribution in [1.29, 1.82) is 0 Å². The first-order valence-electron chi connectivity index (χ1n) is 6.78. The monoisotopic (exact) mass is 282 g/mol. The van der Waals surface area contributed by atoms with Gasteiger partial charge in [-0.2, -0.15) is 5.10 Å². The number of carbonyl (C=O) groups excluding carboxylic acids is 1. The van der Waals surface area contributed by atoms with Crippen LogP contribution >= 0.6 is 0 Å². The second-order valence-electron chi connectivity index (χ2n) is 4.52. The summed E-state index contributed by atoms with van der Waals surface area (Å²) in [6, 6.07) is 17.4. The third-order valence-electron chi connectivity index (χ3n) is 3.02. The minimum atomic E-state index is -0.106. The molecule has 2 aromatic carbocycles. The molecule has 4 nitrogen and oxygen atoms in total. The number of hydrazone groups is 1. The van der Waals surface area contributed by atoms with Gasteiger partial charge in [0.25, 0.3) is 0 Å². The van der Waals surface area contributed by atoms with Crippen LogP contribution in [-0.2, 0) is 11.2 Å². The van der Waals surface area contributed by atoms with E-state index in [1.54, 1.807) is 13.3 Å². The highest BCUT2D eigenvalue weighted by atomic mass is 16.5. The number of hydrogen-bond donors (Lipinski definition) is 1. The molecule has 4 heteroatoms. The van der Waals surface area contributed by atoms with Crippen LogP contribution in [0, 0.1) is 0 Å². The zero-order chi connectivity index (χ0) is 14.9. The second-order valence-corrected chi connectivity index (χ2v) is 4.52. The second kappa shape index (κ2) is 7.85. The highest BCUT2D eigenvalue weighted by Gasteiger charge is 2.01. The van der Waals surface area contributed by atoms with E-state index in [4.69, 9.17) is 4.74 Å². The van der Waals surface area contributed by atoms with Gasteiger partial charge < -0.3 is 4.74 Å².